The first-order valence-electron chi connectivity index (χ1n) is 8.88. The van der Waals surface area contributed by atoms with Gasteiger partial charge in [-0.1, -0.05) is 0 Å². The number of methoxy groups -OCH3 is 1. The van der Waals surface area contributed by atoms with Crippen molar-refractivity contribution in [2.45, 2.75) is 25.0 Å². The van der Waals surface area contributed by atoms with Crippen molar-refractivity contribution in [3.63, 3.8) is 0 Å². The maximum Gasteiger partial charge on any atom is 0.225 e. The first kappa shape index (κ1) is 18.0. The molecule has 0 bridgehead atoms. The van der Waals surface area contributed by atoms with Gasteiger partial charge in [0, 0.05) is 71.2 Å². The number of hydrogen-bond donors (Lipinski definition) is 1. The van der Waals surface area contributed by atoms with Gasteiger partial charge in [0.1, 0.15) is 0 Å². The van der Waals surface area contributed by atoms with Gasteiger partial charge in [-0.3, -0.25) is 9.69 Å². The van der Waals surface area contributed by atoms with Crippen molar-refractivity contribution in [1.82, 2.24) is 19.8 Å². The molecule has 0 unspecified atom stereocenters. The molecular formula is C17H27N5O3. The predicted octanol–water partition coefficient (Wildman–Crippen LogP) is -0.403. The molecule has 3 rings (SSSR count). The number of nitrogens with zero attached hydrogens (tertiary/aromatic N) is 5. The molecule has 3 heterocycles. The molecule has 1 N–H and O–H groups in total. The van der Waals surface area contributed by atoms with Crippen LogP contribution in [0, 0.1) is 0 Å². The van der Waals surface area contributed by atoms with Crippen LogP contribution in [0.25, 0.3) is 0 Å². The zero-order valence-corrected chi connectivity index (χ0v) is 14.8. The van der Waals surface area contributed by atoms with Gasteiger partial charge in [-0.25, -0.2) is 9.97 Å². The fourth-order valence-electron chi connectivity index (χ4n) is 3.58. The lowest BCUT2D eigenvalue weighted by molar-refractivity contribution is -0.132. The second-order valence-corrected chi connectivity index (χ2v) is 6.59. The second-order valence-electron chi connectivity index (χ2n) is 6.59. The Kier molecular flexibility index (Phi) is 6.17. The normalized spacial score (nSPS) is 24.7. The van der Waals surface area contributed by atoms with Gasteiger partial charge in [0.15, 0.2) is 0 Å². The SMILES string of the molecule is CO[C@@H]1C[C@@H](CO)N(CCC(=O)N2CCN(c3ncccn3)CC2)C1. The van der Waals surface area contributed by atoms with Crippen LogP contribution in [0.15, 0.2) is 18.5 Å². The van der Waals surface area contributed by atoms with E-state index in [1.165, 1.54) is 0 Å². The number of likely N-dealkylation sites (tertiary alicyclic amines) is 1. The number of aromatic nitrogens is 2. The maximum absolute atomic E-state index is 12.5. The molecule has 1 aromatic heterocycles. The fourth-order valence-corrected chi connectivity index (χ4v) is 3.58. The highest BCUT2D eigenvalue weighted by Crippen LogP contribution is 2.20. The molecule has 1 aromatic rings. The average Bonchev–Trinajstić information content (AvgIpc) is 3.09. The minimum absolute atomic E-state index is 0.102. The number of aliphatic hydroxyl groups is 1. The van der Waals surface area contributed by atoms with Crippen LogP contribution in [0.5, 0.6) is 0 Å². The van der Waals surface area contributed by atoms with E-state index in [1.807, 2.05) is 4.90 Å². The van der Waals surface area contributed by atoms with E-state index in [9.17, 15) is 9.90 Å². The number of piperazine rings is 1. The number of ether oxygens (including phenoxy) is 1. The molecule has 0 aromatic carbocycles. The summed E-state index contributed by atoms with van der Waals surface area (Å²) in [5.41, 5.74) is 0. The van der Waals surface area contributed by atoms with Crippen molar-refractivity contribution >= 4 is 11.9 Å². The van der Waals surface area contributed by atoms with Gasteiger partial charge in [-0.15, -0.1) is 0 Å². The molecule has 8 nitrogen and oxygen atoms in total. The minimum atomic E-state index is 0.102. The lowest BCUT2D eigenvalue weighted by atomic mass is 10.2. The highest BCUT2D eigenvalue weighted by Gasteiger charge is 2.32. The van der Waals surface area contributed by atoms with Crippen molar-refractivity contribution in [3.05, 3.63) is 18.5 Å². The van der Waals surface area contributed by atoms with E-state index < -0.39 is 0 Å². The van der Waals surface area contributed by atoms with Crippen LogP contribution in [0.4, 0.5) is 5.95 Å². The number of aliphatic hydroxyl groups excluding tert-OH is 1. The Hall–Kier alpha value is -1.77. The second kappa shape index (κ2) is 8.55. The van der Waals surface area contributed by atoms with E-state index in [2.05, 4.69) is 19.8 Å². The Labute approximate surface area is 148 Å². The number of amides is 1. The van der Waals surface area contributed by atoms with Crippen LogP contribution in [0.3, 0.4) is 0 Å². The summed E-state index contributed by atoms with van der Waals surface area (Å²) in [6.45, 7) is 4.47. The summed E-state index contributed by atoms with van der Waals surface area (Å²) in [5, 5.41) is 9.49. The zero-order chi connectivity index (χ0) is 17.6. The maximum atomic E-state index is 12.5. The molecular weight excluding hydrogens is 322 g/mol. The molecule has 1 amide bonds. The van der Waals surface area contributed by atoms with Gasteiger partial charge in [0.05, 0.1) is 12.7 Å². The molecule has 0 radical (unpaired) electrons. The Morgan fingerprint density at radius 1 is 1.28 bits per heavy atom. The summed E-state index contributed by atoms with van der Waals surface area (Å²) in [6, 6.07) is 1.90. The lowest BCUT2D eigenvalue weighted by Crippen LogP contribution is -2.50. The lowest BCUT2D eigenvalue weighted by Gasteiger charge is -2.35. The molecule has 8 heteroatoms. The average molecular weight is 349 g/mol. The number of hydrogen-bond acceptors (Lipinski definition) is 7. The minimum Gasteiger partial charge on any atom is -0.395 e. The van der Waals surface area contributed by atoms with E-state index in [0.29, 0.717) is 26.1 Å². The van der Waals surface area contributed by atoms with E-state index in [0.717, 1.165) is 32.0 Å². The van der Waals surface area contributed by atoms with Gasteiger partial charge < -0.3 is 19.6 Å². The van der Waals surface area contributed by atoms with Crippen molar-refractivity contribution in [2.75, 3.05) is 57.9 Å². The van der Waals surface area contributed by atoms with Crippen LogP contribution < -0.4 is 4.90 Å². The number of rotatable bonds is 6. The molecule has 2 fully saturated rings. The van der Waals surface area contributed by atoms with E-state index in [-0.39, 0.29) is 24.7 Å². The van der Waals surface area contributed by atoms with Gasteiger partial charge >= 0.3 is 0 Å². The largest absolute Gasteiger partial charge is 0.395 e. The standard InChI is InChI=1S/C17H27N5O3/c1-25-15-11-14(13-23)22(12-15)6-3-16(24)20-7-9-21(10-8-20)17-18-4-2-5-19-17/h2,4-5,14-15,23H,3,6-13H2,1H3/t14-,15+/m0/s1. The van der Waals surface area contributed by atoms with E-state index in [1.54, 1.807) is 25.6 Å². The predicted molar refractivity (Wildman–Crippen MR) is 93.3 cm³/mol. The molecule has 0 saturated carbocycles. The topological polar surface area (TPSA) is 82.0 Å². The highest BCUT2D eigenvalue weighted by molar-refractivity contribution is 5.76. The third-order valence-corrected chi connectivity index (χ3v) is 5.11. The van der Waals surface area contributed by atoms with Gasteiger partial charge in [0.2, 0.25) is 11.9 Å². The molecule has 2 atom stereocenters. The van der Waals surface area contributed by atoms with Crippen LogP contribution in [-0.4, -0.2) is 95.9 Å². The monoisotopic (exact) mass is 349 g/mol. The third-order valence-electron chi connectivity index (χ3n) is 5.11. The van der Waals surface area contributed by atoms with Gasteiger partial charge in [0.25, 0.3) is 0 Å². The van der Waals surface area contributed by atoms with Crippen molar-refractivity contribution < 1.29 is 14.6 Å². The molecule has 138 valence electrons. The van der Waals surface area contributed by atoms with Gasteiger partial charge in [-0.05, 0) is 12.5 Å². The molecule has 2 aliphatic rings. The number of anilines is 1. The van der Waals surface area contributed by atoms with Crippen LogP contribution in [0.1, 0.15) is 12.8 Å². The summed E-state index contributed by atoms with van der Waals surface area (Å²) in [5.74, 6) is 0.897. The number of carbonyl (C=O) groups excluding carboxylic acids is 1. The summed E-state index contributed by atoms with van der Waals surface area (Å²) >= 11 is 0. The Bertz CT molecular complexity index is 550. The molecule has 2 aliphatic heterocycles. The number of carbonyl (C=O) groups is 1. The first-order valence-corrected chi connectivity index (χ1v) is 8.88. The van der Waals surface area contributed by atoms with E-state index >= 15 is 0 Å². The van der Waals surface area contributed by atoms with Gasteiger partial charge in [-0.2, -0.15) is 0 Å². The first-order chi connectivity index (χ1) is 12.2. The summed E-state index contributed by atoms with van der Waals surface area (Å²) < 4.78 is 5.38. The Morgan fingerprint density at radius 2 is 2.00 bits per heavy atom. The zero-order valence-electron chi connectivity index (χ0n) is 14.8. The fraction of sp³-hybridized carbons (Fsp3) is 0.706. The van der Waals surface area contributed by atoms with Crippen molar-refractivity contribution in [3.8, 4) is 0 Å². The molecule has 2 saturated heterocycles. The van der Waals surface area contributed by atoms with E-state index in [4.69, 9.17) is 4.74 Å². The third kappa shape index (κ3) is 4.45. The van der Waals surface area contributed by atoms with Crippen molar-refractivity contribution in [2.24, 2.45) is 0 Å². The van der Waals surface area contributed by atoms with Crippen LogP contribution in [-0.2, 0) is 9.53 Å². The van der Waals surface area contributed by atoms with Crippen LogP contribution >= 0.6 is 0 Å². The Morgan fingerprint density at radius 3 is 2.64 bits per heavy atom. The summed E-state index contributed by atoms with van der Waals surface area (Å²) in [4.78, 5) is 27.2. The van der Waals surface area contributed by atoms with Crippen LogP contribution in [0.2, 0.25) is 0 Å². The molecule has 0 spiro atoms. The van der Waals surface area contributed by atoms with Crippen molar-refractivity contribution in [1.29, 1.82) is 0 Å². The molecule has 25 heavy (non-hydrogen) atoms. The smallest absolute Gasteiger partial charge is 0.225 e. The quantitative estimate of drug-likeness (QED) is 0.748. The highest BCUT2D eigenvalue weighted by atomic mass is 16.5. The summed E-state index contributed by atoms with van der Waals surface area (Å²) in [7, 11) is 1.70. The Balaban J connectivity index is 1.44. The molecule has 0 aliphatic carbocycles. The summed E-state index contributed by atoms with van der Waals surface area (Å²) in [6.07, 6.45) is 4.94.